The second-order valence-corrected chi connectivity index (χ2v) is 8.26. The normalized spacial score (nSPS) is 10.0. The van der Waals surface area contributed by atoms with Gasteiger partial charge in [-0.25, -0.2) is 9.97 Å². The van der Waals surface area contributed by atoms with Crippen LogP contribution in [-0.4, -0.2) is 37.2 Å². The summed E-state index contributed by atoms with van der Waals surface area (Å²) in [5, 5.41) is 13.0. The molecular formula is C23H33N7S2. The van der Waals surface area contributed by atoms with Gasteiger partial charge in [0, 0.05) is 41.6 Å². The fraction of sp³-hybridized carbons (Fsp3) is 0.391. The van der Waals surface area contributed by atoms with E-state index < -0.39 is 0 Å². The molecule has 0 unspecified atom stereocenters. The van der Waals surface area contributed by atoms with E-state index in [1.807, 2.05) is 60.3 Å². The van der Waals surface area contributed by atoms with Gasteiger partial charge in [0.2, 0.25) is 0 Å². The molecule has 7 nitrogen and oxygen atoms in total. The van der Waals surface area contributed by atoms with Crippen LogP contribution in [0.15, 0.2) is 24.7 Å². The van der Waals surface area contributed by atoms with Crippen LogP contribution in [0, 0.1) is 6.92 Å². The molecule has 0 fully saturated rings. The molecule has 5 heterocycles. The first kappa shape index (κ1) is 25.5. The molecule has 0 radical (unpaired) electrons. The first-order chi connectivity index (χ1) is 15.7. The average Bonchev–Trinajstić information content (AvgIpc) is 3.60. The van der Waals surface area contributed by atoms with Crippen molar-refractivity contribution in [2.45, 2.75) is 54.9 Å². The van der Waals surface area contributed by atoms with E-state index in [4.69, 9.17) is 9.97 Å². The van der Waals surface area contributed by atoms with Gasteiger partial charge in [-0.1, -0.05) is 70.6 Å². The highest BCUT2D eigenvalue weighted by atomic mass is 32.1. The molecule has 0 aliphatic rings. The summed E-state index contributed by atoms with van der Waals surface area (Å²) in [6.07, 6.45) is 6.91. The number of nitrogens with zero attached hydrogens (tertiary/aromatic N) is 4. The van der Waals surface area contributed by atoms with Crippen molar-refractivity contribution < 1.29 is 0 Å². The fourth-order valence-electron chi connectivity index (χ4n) is 2.90. The maximum absolute atomic E-state index is 4.72. The van der Waals surface area contributed by atoms with Gasteiger partial charge in [-0.3, -0.25) is 10.1 Å². The van der Waals surface area contributed by atoms with Crippen molar-refractivity contribution in [2.24, 2.45) is 0 Å². The molecule has 5 rings (SSSR count). The highest BCUT2D eigenvalue weighted by Gasteiger charge is 2.18. The summed E-state index contributed by atoms with van der Waals surface area (Å²) >= 11 is 3.11. The first-order valence-electron chi connectivity index (χ1n) is 11.1. The Morgan fingerprint density at radius 2 is 1.66 bits per heavy atom. The predicted octanol–water partition coefficient (Wildman–Crippen LogP) is 7.51. The number of H-pyrrole nitrogens is 2. The van der Waals surface area contributed by atoms with E-state index in [0.717, 1.165) is 53.2 Å². The van der Waals surface area contributed by atoms with Crippen LogP contribution in [0.25, 0.3) is 42.4 Å². The van der Waals surface area contributed by atoms with Gasteiger partial charge in [0.15, 0.2) is 14.8 Å². The van der Waals surface area contributed by atoms with Crippen molar-refractivity contribution in [3.8, 4) is 21.8 Å². The Kier molecular flexibility index (Phi) is 9.80. The molecule has 172 valence electrons. The van der Waals surface area contributed by atoms with Crippen LogP contribution in [0.3, 0.4) is 0 Å². The van der Waals surface area contributed by atoms with Crippen LogP contribution in [0.2, 0.25) is 0 Å². The first-order valence-corrected chi connectivity index (χ1v) is 12.7. The van der Waals surface area contributed by atoms with Crippen LogP contribution in [0.4, 0.5) is 5.13 Å². The molecule has 0 saturated carbocycles. The molecule has 0 bridgehead atoms. The summed E-state index contributed by atoms with van der Waals surface area (Å²) in [5.74, 6) is 0. The number of anilines is 1. The largest absolute Gasteiger partial charge is 0.364 e. The zero-order chi connectivity index (χ0) is 23.7. The lowest BCUT2D eigenvalue weighted by Crippen LogP contribution is -1.89. The molecule has 32 heavy (non-hydrogen) atoms. The maximum atomic E-state index is 4.72. The van der Waals surface area contributed by atoms with Crippen LogP contribution in [-0.2, 0) is 0 Å². The number of hydrogen-bond acceptors (Lipinski definition) is 7. The zero-order valence-electron chi connectivity index (χ0n) is 20.1. The van der Waals surface area contributed by atoms with Gasteiger partial charge in [0.05, 0.1) is 11.7 Å². The Bertz CT molecular complexity index is 1200. The maximum Gasteiger partial charge on any atom is 0.185 e. The minimum absolute atomic E-state index is 0.853. The number of aromatic amines is 2. The van der Waals surface area contributed by atoms with E-state index in [2.05, 4.69) is 45.4 Å². The fourth-order valence-corrected chi connectivity index (χ4v) is 4.80. The van der Waals surface area contributed by atoms with Crippen molar-refractivity contribution in [2.75, 3.05) is 12.4 Å². The number of aryl methyl sites for hydroxylation is 1. The third-order valence-electron chi connectivity index (χ3n) is 4.11. The quantitative estimate of drug-likeness (QED) is 0.253. The number of fused-ring (bicyclic) bond motifs is 2. The molecule has 3 N–H and O–H groups in total. The van der Waals surface area contributed by atoms with E-state index in [1.54, 1.807) is 22.7 Å². The molecule has 0 aliphatic carbocycles. The Balaban J connectivity index is 0.000000471. The van der Waals surface area contributed by atoms with Gasteiger partial charge in [0.1, 0.15) is 10.7 Å². The molecular weight excluding hydrogens is 438 g/mol. The zero-order valence-corrected chi connectivity index (χ0v) is 21.8. The van der Waals surface area contributed by atoms with Crippen molar-refractivity contribution in [3.05, 3.63) is 30.4 Å². The summed E-state index contributed by atoms with van der Waals surface area (Å²) in [4.78, 5) is 19.1. The van der Waals surface area contributed by atoms with Gasteiger partial charge in [-0.2, -0.15) is 5.10 Å². The van der Waals surface area contributed by atoms with E-state index in [0.29, 0.717) is 0 Å². The van der Waals surface area contributed by atoms with Crippen molar-refractivity contribution in [1.82, 2.24) is 30.1 Å². The molecule has 5 aromatic heterocycles. The van der Waals surface area contributed by atoms with Crippen molar-refractivity contribution in [3.63, 3.8) is 0 Å². The Hall–Kier alpha value is -2.78. The van der Waals surface area contributed by atoms with Crippen LogP contribution >= 0.6 is 22.7 Å². The molecule has 5 aromatic rings. The number of nitrogens with one attached hydrogen (secondary N) is 3. The second-order valence-electron chi connectivity index (χ2n) is 6.30. The average molecular weight is 472 g/mol. The smallest absolute Gasteiger partial charge is 0.185 e. The Labute approximate surface area is 197 Å². The molecule has 0 spiro atoms. The van der Waals surface area contributed by atoms with E-state index >= 15 is 0 Å². The standard InChI is InChI=1S/C16H13N7S2.C3H8.2C2H6/c1-7-9(6-20-23-7)10-5-19-12(11-8(10)3-4-18-11)13-21-14-15(24-13)22-16(17-2)25-14;1-3-2;2*1-2/h3-6,18H,1-2H3,(H,17,22)(H,20,23);3H2,1-2H3;2*1-2H3. The third-order valence-corrected chi connectivity index (χ3v) is 6.16. The van der Waals surface area contributed by atoms with Crippen LogP contribution in [0.1, 0.15) is 53.7 Å². The predicted molar refractivity (Wildman–Crippen MR) is 141 cm³/mol. The number of thiazole rings is 2. The summed E-state index contributed by atoms with van der Waals surface area (Å²) in [5.41, 5.74) is 4.97. The van der Waals surface area contributed by atoms with Gasteiger partial charge in [0.25, 0.3) is 0 Å². The van der Waals surface area contributed by atoms with Gasteiger partial charge >= 0.3 is 0 Å². The highest BCUT2D eigenvalue weighted by molar-refractivity contribution is 7.29. The van der Waals surface area contributed by atoms with E-state index in [-0.39, 0.29) is 0 Å². The molecule has 0 amide bonds. The lowest BCUT2D eigenvalue weighted by Gasteiger charge is -2.05. The van der Waals surface area contributed by atoms with Crippen LogP contribution < -0.4 is 5.32 Å². The Morgan fingerprint density at radius 1 is 0.969 bits per heavy atom. The molecule has 0 saturated heterocycles. The van der Waals surface area contributed by atoms with Gasteiger partial charge in [-0.15, -0.1) is 0 Å². The summed E-state index contributed by atoms with van der Waals surface area (Å²) in [6, 6.07) is 2.07. The topological polar surface area (TPSA) is 95.2 Å². The minimum Gasteiger partial charge on any atom is -0.364 e. The number of rotatable bonds is 3. The van der Waals surface area contributed by atoms with Gasteiger partial charge in [-0.05, 0) is 13.0 Å². The number of pyridine rings is 1. The summed E-state index contributed by atoms with van der Waals surface area (Å²) < 4.78 is 0. The number of hydrogen-bond donors (Lipinski definition) is 3. The van der Waals surface area contributed by atoms with Gasteiger partial charge < -0.3 is 10.3 Å². The summed E-state index contributed by atoms with van der Waals surface area (Å²) in [6.45, 7) is 14.3. The minimum atomic E-state index is 0.853. The molecule has 0 aliphatic heterocycles. The highest BCUT2D eigenvalue weighted by Crippen LogP contribution is 2.38. The second kappa shape index (κ2) is 12.3. The third kappa shape index (κ3) is 5.16. The molecule has 9 heteroatoms. The van der Waals surface area contributed by atoms with E-state index in [9.17, 15) is 0 Å². The van der Waals surface area contributed by atoms with Crippen molar-refractivity contribution in [1.29, 1.82) is 0 Å². The molecule has 0 atom stereocenters. The van der Waals surface area contributed by atoms with E-state index in [1.165, 1.54) is 6.42 Å². The summed E-state index contributed by atoms with van der Waals surface area (Å²) in [7, 11) is 1.86. The lowest BCUT2D eigenvalue weighted by atomic mass is 10.0. The Morgan fingerprint density at radius 3 is 2.25 bits per heavy atom. The molecule has 0 aromatic carbocycles. The van der Waals surface area contributed by atoms with Crippen LogP contribution in [0.5, 0.6) is 0 Å². The number of aromatic nitrogens is 6. The SMILES string of the molecule is CC.CC.CCC.CNc1nc2sc(-c3ncc(-c4cn[nH]c4C)c4cc[nH]c34)nc2s1. The monoisotopic (exact) mass is 471 g/mol. The lowest BCUT2D eigenvalue weighted by molar-refractivity contribution is 1.05. The van der Waals surface area contributed by atoms with Crippen molar-refractivity contribution >= 4 is 48.4 Å².